The number of hydrogen-bond acceptors (Lipinski definition) is 6. The second-order valence-electron chi connectivity index (χ2n) is 7.04. The summed E-state index contributed by atoms with van der Waals surface area (Å²) in [6, 6.07) is 9.96. The van der Waals surface area contributed by atoms with E-state index in [0.29, 0.717) is 16.8 Å². The summed E-state index contributed by atoms with van der Waals surface area (Å²) in [6.07, 6.45) is 0. The Morgan fingerprint density at radius 2 is 1.64 bits per heavy atom. The van der Waals surface area contributed by atoms with Crippen LogP contribution in [0.4, 0.5) is 5.69 Å². The first-order chi connectivity index (χ1) is 13.4. The van der Waals surface area contributed by atoms with Gasteiger partial charge >= 0.3 is 5.97 Å². The molecule has 1 N–H and O–H groups in total. The normalized spacial score (nSPS) is 17.2. The number of carboxylic acid groups (broad SMARTS) is 1. The van der Waals surface area contributed by atoms with Crippen LogP contribution in [0.5, 0.6) is 0 Å². The van der Waals surface area contributed by atoms with E-state index in [0.717, 1.165) is 36.8 Å². The van der Waals surface area contributed by atoms with Crippen molar-refractivity contribution >= 4 is 23.5 Å². The molecule has 4 rings (SSSR count). The number of rotatable bonds is 4. The molecule has 0 spiro atoms. The monoisotopic (exact) mass is 380 g/mol. The number of anilines is 1. The van der Waals surface area contributed by atoms with Gasteiger partial charge in [0.2, 0.25) is 0 Å². The highest BCUT2D eigenvalue weighted by molar-refractivity contribution is 6.21. The van der Waals surface area contributed by atoms with Crippen LogP contribution in [0.1, 0.15) is 36.9 Å². The Balaban J connectivity index is 1.64. The van der Waals surface area contributed by atoms with E-state index in [1.165, 1.54) is 0 Å². The number of imide groups is 1. The summed E-state index contributed by atoms with van der Waals surface area (Å²) >= 11 is 0. The summed E-state index contributed by atoms with van der Waals surface area (Å²) in [6.45, 7) is 3.23. The predicted molar refractivity (Wildman–Crippen MR) is 102 cm³/mol. The average molecular weight is 380 g/mol. The van der Waals surface area contributed by atoms with Gasteiger partial charge in [-0.25, -0.2) is 9.78 Å². The van der Waals surface area contributed by atoms with Crippen LogP contribution in [0.15, 0.2) is 36.4 Å². The fraction of sp³-hybridized carbons (Fsp3) is 0.300. The van der Waals surface area contributed by atoms with Gasteiger partial charge in [0.1, 0.15) is 0 Å². The van der Waals surface area contributed by atoms with Gasteiger partial charge in [0.05, 0.1) is 23.4 Å². The van der Waals surface area contributed by atoms with Crippen LogP contribution < -0.4 is 4.90 Å². The van der Waals surface area contributed by atoms with Gasteiger partial charge in [-0.1, -0.05) is 12.1 Å². The Kier molecular flexibility index (Phi) is 4.56. The predicted octanol–water partition coefficient (Wildman–Crippen LogP) is 1.33. The van der Waals surface area contributed by atoms with Crippen molar-refractivity contribution < 1.29 is 19.5 Å². The van der Waals surface area contributed by atoms with E-state index in [1.807, 2.05) is 7.05 Å². The number of pyridine rings is 1. The van der Waals surface area contributed by atoms with Crippen LogP contribution in [0.25, 0.3) is 0 Å². The van der Waals surface area contributed by atoms with Crippen LogP contribution in [-0.2, 0) is 6.54 Å². The molecule has 1 fully saturated rings. The van der Waals surface area contributed by atoms with Crippen molar-refractivity contribution in [2.75, 3.05) is 38.1 Å². The molecule has 2 amide bonds. The quantitative estimate of drug-likeness (QED) is 0.800. The molecule has 8 heteroatoms. The second kappa shape index (κ2) is 7.05. The average Bonchev–Trinajstić information content (AvgIpc) is 2.93. The third-order valence-electron chi connectivity index (χ3n) is 5.15. The SMILES string of the molecule is CN1CCN(c2cc(CN3C(=O)c4ccccc4C3=O)nc(C(=O)O)c2)CC1. The second-order valence-corrected chi connectivity index (χ2v) is 7.04. The van der Waals surface area contributed by atoms with E-state index in [9.17, 15) is 19.5 Å². The summed E-state index contributed by atoms with van der Waals surface area (Å²) in [4.78, 5) is 46.3. The molecule has 0 bridgehead atoms. The Bertz CT molecular complexity index is 931. The summed E-state index contributed by atoms with van der Waals surface area (Å²) in [5.74, 6) is -1.91. The number of nitrogens with zero attached hydrogens (tertiary/aromatic N) is 4. The zero-order valence-corrected chi connectivity index (χ0v) is 15.5. The molecular formula is C20H20N4O4. The molecule has 0 aliphatic carbocycles. The first-order valence-electron chi connectivity index (χ1n) is 9.07. The van der Waals surface area contributed by atoms with Gasteiger partial charge in [-0.05, 0) is 31.3 Å². The van der Waals surface area contributed by atoms with Crippen LogP contribution in [0, 0.1) is 0 Å². The molecule has 3 heterocycles. The minimum atomic E-state index is -1.14. The highest BCUT2D eigenvalue weighted by atomic mass is 16.4. The van der Waals surface area contributed by atoms with Crippen LogP contribution in [0.3, 0.4) is 0 Å². The van der Waals surface area contributed by atoms with Crippen molar-refractivity contribution in [1.82, 2.24) is 14.8 Å². The molecule has 8 nitrogen and oxygen atoms in total. The third kappa shape index (κ3) is 3.22. The Labute approximate surface area is 162 Å². The minimum Gasteiger partial charge on any atom is -0.477 e. The molecule has 0 atom stereocenters. The summed E-state index contributed by atoms with van der Waals surface area (Å²) in [5.41, 5.74) is 1.75. The van der Waals surface area contributed by atoms with Crippen molar-refractivity contribution in [2.45, 2.75) is 6.54 Å². The number of hydrogen-bond donors (Lipinski definition) is 1. The summed E-state index contributed by atoms with van der Waals surface area (Å²) in [7, 11) is 2.04. The summed E-state index contributed by atoms with van der Waals surface area (Å²) in [5, 5.41) is 9.44. The minimum absolute atomic E-state index is 0.0613. The van der Waals surface area contributed by atoms with Gasteiger partial charge in [-0.2, -0.15) is 0 Å². The molecule has 1 aromatic heterocycles. The molecule has 28 heavy (non-hydrogen) atoms. The lowest BCUT2D eigenvalue weighted by molar-refractivity contribution is 0.0640. The van der Waals surface area contributed by atoms with E-state index in [-0.39, 0.29) is 24.1 Å². The number of aromatic carboxylic acids is 1. The number of carboxylic acids is 1. The number of carbonyl (C=O) groups excluding carboxylic acids is 2. The molecule has 2 aliphatic heterocycles. The van der Waals surface area contributed by atoms with Crippen molar-refractivity contribution in [2.24, 2.45) is 0 Å². The maximum atomic E-state index is 12.6. The van der Waals surface area contributed by atoms with E-state index in [1.54, 1.807) is 36.4 Å². The Morgan fingerprint density at radius 3 is 2.21 bits per heavy atom. The number of fused-ring (bicyclic) bond motifs is 1. The van der Waals surface area contributed by atoms with Crippen LogP contribution in [-0.4, -0.2) is 70.9 Å². The number of likely N-dealkylation sites (N-methyl/N-ethyl adjacent to an activating group) is 1. The van der Waals surface area contributed by atoms with Crippen molar-refractivity contribution in [3.63, 3.8) is 0 Å². The van der Waals surface area contributed by atoms with Crippen LogP contribution >= 0.6 is 0 Å². The zero-order chi connectivity index (χ0) is 19.8. The molecule has 0 radical (unpaired) electrons. The molecular weight excluding hydrogens is 360 g/mol. The molecule has 1 aromatic carbocycles. The van der Waals surface area contributed by atoms with Gasteiger partial charge < -0.3 is 14.9 Å². The number of amides is 2. The molecule has 1 saturated heterocycles. The smallest absolute Gasteiger partial charge is 0.354 e. The topological polar surface area (TPSA) is 94.0 Å². The fourth-order valence-electron chi connectivity index (χ4n) is 3.55. The van der Waals surface area contributed by atoms with Gasteiger partial charge in [-0.3, -0.25) is 14.5 Å². The summed E-state index contributed by atoms with van der Waals surface area (Å²) < 4.78 is 0. The lowest BCUT2D eigenvalue weighted by Gasteiger charge is -2.34. The lowest BCUT2D eigenvalue weighted by Crippen LogP contribution is -2.44. The van der Waals surface area contributed by atoms with E-state index in [2.05, 4.69) is 14.8 Å². The largest absolute Gasteiger partial charge is 0.477 e. The van der Waals surface area contributed by atoms with Crippen molar-refractivity contribution in [3.05, 3.63) is 58.9 Å². The number of piperazine rings is 1. The zero-order valence-electron chi connectivity index (χ0n) is 15.5. The van der Waals surface area contributed by atoms with E-state index in [4.69, 9.17) is 0 Å². The standard InChI is InChI=1S/C20H20N4O4/c1-22-6-8-23(9-7-22)14-10-13(21-17(11-14)20(27)28)12-24-18(25)15-4-2-3-5-16(15)19(24)26/h2-5,10-11H,6-9,12H2,1H3,(H,27,28). The van der Waals surface area contributed by atoms with E-state index < -0.39 is 5.97 Å². The molecule has 2 aliphatic rings. The fourth-order valence-corrected chi connectivity index (χ4v) is 3.55. The maximum Gasteiger partial charge on any atom is 0.354 e. The van der Waals surface area contributed by atoms with Gasteiger partial charge in [0.15, 0.2) is 5.69 Å². The molecule has 144 valence electrons. The lowest BCUT2D eigenvalue weighted by atomic mass is 10.1. The number of benzene rings is 1. The van der Waals surface area contributed by atoms with Crippen molar-refractivity contribution in [3.8, 4) is 0 Å². The molecule has 0 saturated carbocycles. The Hall–Kier alpha value is -3.26. The number of aromatic nitrogens is 1. The van der Waals surface area contributed by atoms with Crippen LogP contribution in [0.2, 0.25) is 0 Å². The molecule has 2 aromatic rings. The van der Waals surface area contributed by atoms with Gasteiger partial charge in [0, 0.05) is 31.9 Å². The highest BCUT2D eigenvalue weighted by Crippen LogP contribution is 2.25. The number of carbonyl (C=O) groups is 3. The Morgan fingerprint density at radius 1 is 1.04 bits per heavy atom. The highest BCUT2D eigenvalue weighted by Gasteiger charge is 2.35. The van der Waals surface area contributed by atoms with Crippen molar-refractivity contribution in [1.29, 1.82) is 0 Å². The maximum absolute atomic E-state index is 12.6. The first-order valence-corrected chi connectivity index (χ1v) is 9.07. The van der Waals surface area contributed by atoms with Gasteiger partial charge in [-0.15, -0.1) is 0 Å². The first kappa shape index (κ1) is 18.1. The third-order valence-corrected chi connectivity index (χ3v) is 5.15. The molecule has 0 unspecified atom stereocenters. The van der Waals surface area contributed by atoms with E-state index >= 15 is 0 Å². The van der Waals surface area contributed by atoms with Gasteiger partial charge in [0.25, 0.3) is 11.8 Å².